The van der Waals surface area contributed by atoms with Gasteiger partial charge in [0.1, 0.15) is 22.6 Å². The Hall–Kier alpha value is -3.13. The Labute approximate surface area is 224 Å². The van der Waals surface area contributed by atoms with Gasteiger partial charge in [-0.25, -0.2) is 18.4 Å². The number of pyridine rings is 1. The molecule has 1 saturated carbocycles. The molecule has 1 aliphatic carbocycles. The van der Waals surface area contributed by atoms with E-state index in [1.54, 1.807) is 19.1 Å². The van der Waals surface area contributed by atoms with Gasteiger partial charge in [-0.1, -0.05) is 28.6 Å². The average molecular weight is 560 g/mol. The Morgan fingerprint density at radius 3 is 2.63 bits per heavy atom. The van der Waals surface area contributed by atoms with Crippen LogP contribution in [0.25, 0.3) is 10.3 Å². The van der Waals surface area contributed by atoms with Gasteiger partial charge in [-0.15, -0.1) is 0 Å². The maximum Gasteiger partial charge on any atom is 0.280 e. The first-order chi connectivity index (χ1) is 18.2. The maximum absolute atomic E-state index is 13.2. The van der Waals surface area contributed by atoms with E-state index in [4.69, 9.17) is 9.57 Å². The van der Waals surface area contributed by atoms with Crippen molar-refractivity contribution in [3.05, 3.63) is 42.0 Å². The van der Waals surface area contributed by atoms with Crippen molar-refractivity contribution in [2.24, 2.45) is 5.16 Å². The van der Waals surface area contributed by atoms with Crippen LogP contribution in [0, 0.1) is 0 Å². The molecule has 0 bridgehead atoms. The lowest BCUT2D eigenvalue weighted by atomic mass is 10.1. The molecule has 0 unspecified atom stereocenters. The first-order valence-corrected chi connectivity index (χ1v) is 14.7. The molecule has 1 aliphatic heterocycles. The van der Waals surface area contributed by atoms with E-state index in [9.17, 15) is 18.3 Å². The molecule has 5 rings (SSSR count). The van der Waals surface area contributed by atoms with E-state index in [0.717, 1.165) is 19.5 Å². The number of oxime groups is 1. The number of aromatic nitrogens is 2. The van der Waals surface area contributed by atoms with Crippen LogP contribution in [0.5, 0.6) is 5.88 Å². The van der Waals surface area contributed by atoms with E-state index in [2.05, 4.69) is 32.4 Å². The molecule has 13 heteroatoms. The number of amides is 1. The molecule has 2 N–H and O–H groups in total. The number of likely N-dealkylation sites (tertiary alicyclic amines) is 1. The van der Waals surface area contributed by atoms with E-state index < -0.39 is 21.8 Å². The molecule has 2 aliphatic rings. The Morgan fingerprint density at radius 1 is 1.21 bits per heavy atom. The maximum atomic E-state index is 13.2. The largest absolute Gasteiger partial charge is 0.473 e. The number of anilines is 1. The minimum absolute atomic E-state index is 0.0812. The number of likely N-dealkylation sites (N-methyl/N-ethyl adjacent to an activating group) is 1. The fraction of sp³-hybridized carbons (Fsp3) is 0.440. The van der Waals surface area contributed by atoms with Gasteiger partial charge in [0.15, 0.2) is 20.7 Å². The van der Waals surface area contributed by atoms with Crippen molar-refractivity contribution in [3.63, 3.8) is 0 Å². The van der Waals surface area contributed by atoms with Gasteiger partial charge < -0.3 is 19.6 Å². The molecular formula is C25H29N5O6S2. The standard InChI is InChI=1S/C25H29N5O6S2/c1-15(14-31)36-29-22(16-3-5-18(6-4-16)38(33,34)19-7-8-19)23(32)28-25-26-20-9-10-21(27-24(20)37-25)35-17-11-12-30(2)13-17/h3-6,9-10,15,17,19,31H,7-8,11-14H2,1-2H3,(H,26,28,32)/b29-22+/t15-,17+/m1/s1. The molecule has 2 aromatic heterocycles. The minimum atomic E-state index is -3.37. The highest BCUT2D eigenvalue weighted by molar-refractivity contribution is 7.92. The molecule has 1 amide bonds. The lowest BCUT2D eigenvalue weighted by Gasteiger charge is -2.12. The summed E-state index contributed by atoms with van der Waals surface area (Å²) >= 11 is 1.20. The topological polar surface area (TPSA) is 143 Å². The Balaban J connectivity index is 1.34. The molecule has 0 radical (unpaired) electrons. The molecule has 0 spiro atoms. The zero-order chi connectivity index (χ0) is 26.9. The number of aliphatic hydroxyl groups excluding tert-OH is 1. The quantitative estimate of drug-likeness (QED) is 0.283. The molecule has 3 heterocycles. The van der Waals surface area contributed by atoms with Crippen LogP contribution in [0.2, 0.25) is 0 Å². The second-order valence-electron chi connectivity index (χ2n) is 9.54. The number of fused-ring (bicyclic) bond motifs is 1. The van der Waals surface area contributed by atoms with Crippen molar-refractivity contribution < 1.29 is 27.9 Å². The van der Waals surface area contributed by atoms with Crippen LogP contribution in [-0.2, 0) is 19.5 Å². The number of ether oxygens (including phenoxy) is 1. The Morgan fingerprint density at radius 2 is 1.97 bits per heavy atom. The van der Waals surface area contributed by atoms with Crippen molar-refractivity contribution in [3.8, 4) is 5.88 Å². The number of aliphatic hydroxyl groups is 1. The van der Waals surface area contributed by atoms with Gasteiger partial charge in [0.25, 0.3) is 5.91 Å². The minimum Gasteiger partial charge on any atom is -0.473 e. The molecule has 2 fully saturated rings. The number of nitrogens with zero attached hydrogens (tertiary/aromatic N) is 4. The van der Waals surface area contributed by atoms with Gasteiger partial charge in [-0.2, -0.15) is 0 Å². The van der Waals surface area contributed by atoms with Crippen molar-refractivity contribution in [2.45, 2.75) is 48.5 Å². The lowest BCUT2D eigenvalue weighted by molar-refractivity contribution is -0.110. The van der Waals surface area contributed by atoms with Crippen LogP contribution >= 0.6 is 11.3 Å². The van der Waals surface area contributed by atoms with Crippen molar-refractivity contribution in [1.29, 1.82) is 0 Å². The first-order valence-electron chi connectivity index (χ1n) is 12.4. The van der Waals surface area contributed by atoms with Gasteiger partial charge in [-0.3, -0.25) is 10.1 Å². The predicted molar refractivity (Wildman–Crippen MR) is 143 cm³/mol. The number of benzene rings is 1. The summed E-state index contributed by atoms with van der Waals surface area (Å²) in [5.41, 5.74) is 0.889. The number of rotatable bonds is 10. The van der Waals surface area contributed by atoms with Crippen LogP contribution < -0.4 is 10.1 Å². The van der Waals surface area contributed by atoms with Crippen molar-refractivity contribution in [2.75, 3.05) is 32.1 Å². The van der Waals surface area contributed by atoms with E-state index in [1.807, 2.05) is 0 Å². The Kier molecular flexibility index (Phi) is 7.61. The summed E-state index contributed by atoms with van der Waals surface area (Å²) < 4.78 is 31.1. The first kappa shape index (κ1) is 26.5. The highest BCUT2D eigenvalue weighted by Crippen LogP contribution is 2.33. The number of carbonyl (C=O) groups excluding carboxylic acids is 1. The van der Waals surface area contributed by atoms with Crippen LogP contribution in [-0.4, -0.2) is 84.2 Å². The average Bonchev–Trinajstić information content (AvgIpc) is 3.58. The Bertz CT molecular complexity index is 1450. The van der Waals surface area contributed by atoms with Crippen LogP contribution in [0.3, 0.4) is 0 Å². The fourth-order valence-electron chi connectivity index (χ4n) is 4.01. The van der Waals surface area contributed by atoms with Crippen LogP contribution in [0.15, 0.2) is 46.4 Å². The second kappa shape index (κ2) is 10.9. The molecule has 202 valence electrons. The second-order valence-corrected chi connectivity index (χ2v) is 12.8. The van der Waals surface area contributed by atoms with Crippen molar-refractivity contribution >= 4 is 48.3 Å². The normalized spacial score (nSPS) is 19.4. The summed E-state index contributed by atoms with van der Waals surface area (Å²) in [7, 11) is -1.32. The molecule has 38 heavy (non-hydrogen) atoms. The third kappa shape index (κ3) is 5.96. The van der Waals surface area contributed by atoms with Gasteiger partial charge in [0.2, 0.25) is 5.88 Å². The van der Waals surface area contributed by atoms with E-state index in [0.29, 0.717) is 39.8 Å². The molecular weight excluding hydrogens is 530 g/mol. The molecule has 11 nitrogen and oxygen atoms in total. The molecule has 3 aromatic rings. The third-order valence-electron chi connectivity index (χ3n) is 6.30. The molecule has 1 aromatic carbocycles. The smallest absolute Gasteiger partial charge is 0.280 e. The van der Waals surface area contributed by atoms with Gasteiger partial charge >= 0.3 is 0 Å². The van der Waals surface area contributed by atoms with Crippen molar-refractivity contribution in [1.82, 2.24) is 14.9 Å². The van der Waals surface area contributed by atoms with Gasteiger partial charge in [0, 0.05) is 24.7 Å². The zero-order valence-electron chi connectivity index (χ0n) is 21.0. The number of carbonyl (C=O) groups is 1. The zero-order valence-corrected chi connectivity index (χ0v) is 22.7. The van der Waals surface area contributed by atoms with Gasteiger partial charge in [-0.05, 0) is 51.4 Å². The molecule has 1 saturated heterocycles. The lowest BCUT2D eigenvalue weighted by Crippen LogP contribution is -2.25. The van der Waals surface area contributed by atoms with E-state index in [-0.39, 0.29) is 28.6 Å². The van der Waals surface area contributed by atoms with E-state index in [1.165, 1.54) is 35.6 Å². The molecule has 2 atom stereocenters. The fourth-order valence-corrected chi connectivity index (χ4v) is 6.49. The van der Waals surface area contributed by atoms with E-state index >= 15 is 0 Å². The summed E-state index contributed by atoms with van der Waals surface area (Å²) in [6.07, 6.45) is 1.70. The number of hydrogen-bond acceptors (Lipinski definition) is 11. The van der Waals surface area contributed by atoms with Gasteiger partial charge in [0.05, 0.1) is 16.8 Å². The summed E-state index contributed by atoms with van der Waals surface area (Å²) in [5.74, 6) is -0.0910. The van der Waals surface area contributed by atoms with Crippen LogP contribution in [0.4, 0.5) is 5.13 Å². The summed E-state index contributed by atoms with van der Waals surface area (Å²) in [6.45, 7) is 3.14. The predicted octanol–water partition coefficient (Wildman–Crippen LogP) is 2.45. The monoisotopic (exact) mass is 559 g/mol. The number of sulfone groups is 1. The highest BCUT2D eigenvalue weighted by atomic mass is 32.2. The highest BCUT2D eigenvalue weighted by Gasteiger charge is 2.36. The SMILES string of the molecule is C[C@H](CO)O/N=C(/C(=O)Nc1nc2ccc(O[C@H]3CCN(C)C3)nc2s1)c1ccc(S(=O)(=O)C2CC2)cc1. The summed E-state index contributed by atoms with van der Waals surface area (Å²) in [4.78, 5) is 30.5. The summed E-state index contributed by atoms with van der Waals surface area (Å²) in [6, 6.07) is 9.52. The number of nitrogens with one attached hydrogen (secondary N) is 1. The summed E-state index contributed by atoms with van der Waals surface area (Å²) in [5, 5.41) is 16.0. The third-order valence-corrected chi connectivity index (χ3v) is 9.46. The number of thiazole rings is 1. The van der Waals surface area contributed by atoms with Crippen LogP contribution in [0.1, 0.15) is 31.7 Å². The number of hydrogen-bond donors (Lipinski definition) is 2.